The van der Waals surface area contributed by atoms with Gasteiger partial charge in [0.25, 0.3) is 0 Å². The van der Waals surface area contributed by atoms with E-state index in [1.165, 1.54) is 70.1 Å². The average Bonchev–Trinajstić information content (AvgIpc) is 3.79. The minimum Gasteiger partial charge on any atom is -0.311 e. The molecule has 1 spiro atoms. The maximum Gasteiger partial charge on any atom is 0.0101 e. The summed E-state index contributed by atoms with van der Waals surface area (Å²) in [7, 11) is 0. The number of hydrogen-bond donors (Lipinski definition) is 1. The van der Waals surface area contributed by atoms with Crippen LogP contribution >= 0.6 is 0 Å². The molecule has 308 valence electrons. The SMILES string of the molecule is CC1CC(C2CCC3C(C2)C2CCCCC2C32C3CCCCC3C3C4CCCC5C6CCCCC6C(CC32)C54)NC(C2CCCCC2)CC1C1CCCCC1. The Morgan fingerprint density at radius 1 is 0.309 bits per heavy atom. The van der Waals surface area contributed by atoms with Gasteiger partial charge in [0.2, 0.25) is 0 Å². The van der Waals surface area contributed by atoms with Crippen molar-refractivity contribution in [1.29, 1.82) is 0 Å². The molecule has 11 saturated carbocycles. The molecule has 20 atom stereocenters. The second-order valence-electron chi connectivity index (χ2n) is 24.8. The Balaban J connectivity index is 0.874. The molecule has 0 bridgehead atoms. The van der Waals surface area contributed by atoms with Crippen LogP contribution in [0.3, 0.4) is 0 Å². The molecule has 1 heterocycles. The van der Waals surface area contributed by atoms with Gasteiger partial charge in [-0.15, -0.1) is 0 Å². The van der Waals surface area contributed by atoms with Crippen molar-refractivity contribution < 1.29 is 0 Å². The summed E-state index contributed by atoms with van der Waals surface area (Å²) in [6, 6.07) is 1.66. The fraction of sp³-hybridized carbons (Fsp3) is 1.00. The molecule has 55 heavy (non-hydrogen) atoms. The highest BCUT2D eigenvalue weighted by Gasteiger charge is 2.75. The van der Waals surface area contributed by atoms with Crippen molar-refractivity contribution in [2.75, 3.05) is 0 Å². The summed E-state index contributed by atoms with van der Waals surface area (Å²) >= 11 is 0. The zero-order chi connectivity index (χ0) is 36.3. The van der Waals surface area contributed by atoms with Gasteiger partial charge in [0, 0.05) is 12.1 Å². The monoisotopic (exact) mass is 750 g/mol. The molecule has 0 amide bonds. The van der Waals surface area contributed by atoms with Gasteiger partial charge in [-0.05, 0) is 221 Å². The summed E-state index contributed by atoms with van der Waals surface area (Å²) in [4.78, 5) is 0. The van der Waals surface area contributed by atoms with Crippen LogP contribution in [0.15, 0.2) is 0 Å². The Morgan fingerprint density at radius 3 is 1.64 bits per heavy atom. The topological polar surface area (TPSA) is 12.0 Å². The van der Waals surface area contributed by atoms with Gasteiger partial charge in [0.05, 0.1) is 0 Å². The first-order chi connectivity index (χ1) is 27.2. The second-order valence-corrected chi connectivity index (χ2v) is 24.8. The predicted octanol–water partition coefficient (Wildman–Crippen LogP) is 14.3. The Kier molecular flexibility index (Phi) is 9.93. The van der Waals surface area contributed by atoms with Crippen LogP contribution in [0.4, 0.5) is 0 Å². The van der Waals surface area contributed by atoms with Crippen molar-refractivity contribution in [3.8, 4) is 0 Å². The Bertz CT molecular complexity index is 1340. The van der Waals surface area contributed by atoms with Crippen LogP contribution in [0.1, 0.15) is 206 Å². The van der Waals surface area contributed by atoms with E-state index in [0.717, 1.165) is 124 Å². The van der Waals surface area contributed by atoms with Gasteiger partial charge in [-0.1, -0.05) is 103 Å². The molecule has 1 heteroatoms. The standard InChI is InChI=1S/C54H87N/c1-33-29-50(55-51(35-17-6-3-7-18-35)32-43(33)34-15-4-2-5-16-34)36-27-28-48-44(30-36)39-21-10-12-25-46(39)54(48)47-26-13-11-22-41(47)53-42-24-14-23-40-37-19-8-9-20-38(37)45(52(40)42)31-49(53)54/h33-53,55H,2-32H2,1H3. The van der Waals surface area contributed by atoms with E-state index in [9.17, 15) is 0 Å². The smallest absolute Gasteiger partial charge is 0.0101 e. The van der Waals surface area contributed by atoms with E-state index in [1.807, 2.05) is 0 Å². The van der Waals surface area contributed by atoms with Crippen LogP contribution in [0.25, 0.3) is 0 Å². The lowest BCUT2D eigenvalue weighted by molar-refractivity contribution is -0.0780. The Hall–Kier alpha value is -0.0400. The molecule has 0 aromatic carbocycles. The summed E-state index contributed by atoms with van der Waals surface area (Å²) in [5.74, 6) is 20.9. The summed E-state index contributed by atoms with van der Waals surface area (Å²) in [6.45, 7) is 2.78. The zero-order valence-electron chi connectivity index (χ0n) is 36.0. The van der Waals surface area contributed by atoms with Crippen molar-refractivity contribution in [1.82, 2.24) is 5.32 Å². The molecule has 11 aliphatic carbocycles. The summed E-state index contributed by atoms with van der Waals surface area (Å²) in [5, 5.41) is 4.73. The highest BCUT2D eigenvalue weighted by Crippen LogP contribution is 2.81. The molecule has 12 fully saturated rings. The summed E-state index contributed by atoms with van der Waals surface area (Å²) < 4.78 is 0. The molecule has 12 aliphatic rings. The molecule has 1 nitrogen and oxygen atoms in total. The highest BCUT2D eigenvalue weighted by atomic mass is 15.0. The van der Waals surface area contributed by atoms with E-state index in [4.69, 9.17) is 5.32 Å². The van der Waals surface area contributed by atoms with E-state index >= 15 is 0 Å². The average molecular weight is 750 g/mol. The van der Waals surface area contributed by atoms with Crippen LogP contribution in [-0.4, -0.2) is 12.1 Å². The summed E-state index contributed by atoms with van der Waals surface area (Å²) in [5.41, 5.74) is 0.766. The van der Waals surface area contributed by atoms with Crippen LogP contribution in [0.5, 0.6) is 0 Å². The van der Waals surface area contributed by atoms with Crippen molar-refractivity contribution in [3.63, 3.8) is 0 Å². The van der Waals surface area contributed by atoms with E-state index in [2.05, 4.69) is 6.92 Å². The quantitative estimate of drug-likeness (QED) is 0.303. The van der Waals surface area contributed by atoms with E-state index in [-0.39, 0.29) is 0 Å². The minimum absolute atomic E-state index is 0.766. The number of hydrogen-bond acceptors (Lipinski definition) is 1. The number of fused-ring (bicyclic) bond motifs is 14. The van der Waals surface area contributed by atoms with Gasteiger partial charge >= 0.3 is 0 Å². The van der Waals surface area contributed by atoms with Crippen LogP contribution in [-0.2, 0) is 0 Å². The molecule has 0 radical (unpaired) electrons. The van der Waals surface area contributed by atoms with E-state index in [1.54, 1.807) is 135 Å². The van der Waals surface area contributed by atoms with Crippen molar-refractivity contribution in [3.05, 3.63) is 0 Å². The maximum atomic E-state index is 4.73. The van der Waals surface area contributed by atoms with Gasteiger partial charge in [0.1, 0.15) is 0 Å². The largest absolute Gasteiger partial charge is 0.311 e. The van der Waals surface area contributed by atoms with Crippen LogP contribution < -0.4 is 5.32 Å². The second kappa shape index (κ2) is 14.8. The number of nitrogens with one attached hydrogen (secondary N) is 1. The molecular weight excluding hydrogens is 663 g/mol. The first-order valence-electron chi connectivity index (χ1n) is 27.0. The van der Waals surface area contributed by atoms with Gasteiger partial charge in [-0.2, -0.15) is 0 Å². The third-order valence-corrected chi connectivity index (χ3v) is 23.6. The first-order valence-corrected chi connectivity index (χ1v) is 27.0. The van der Waals surface area contributed by atoms with Crippen molar-refractivity contribution in [2.24, 2.45) is 118 Å². The van der Waals surface area contributed by atoms with Crippen LogP contribution in [0.2, 0.25) is 0 Å². The lowest BCUT2D eigenvalue weighted by atomic mass is 9.49. The fourth-order valence-corrected chi connectivity index (χ4v) is 22.5. The lowest BCUT2D eigenvalue weighted by Gasteiger charge is -2.56. The molecule has 12 rings (SSSR count). The third kappa shape index (κ3) is 5.69. The predicted molar refractivity (Wildman–Crippen MR) is 228 cm³/mol. The fourth-order valence-electron chi connectivity index (χ4n) is 22.5. The van der Waals surface area contributed by atoms with Gasteiger partial charge in [0.15, 0.2) is 0 Å². The normalized spacial score (nSPS) is 56.8. The molecule has 1 N–H and O–H groups in total. The van der Waals surface area contributed by atoms with Gasteiger partial charge < -0.3 is 5.32 Å². The van der Waals surface area contributed by atoms with Gasteiger partial charge in [-0.25, -0.2) is 0 Å². The molecule has 0 aromatic heterocycles. The molecule has 20 unspecified atom stereocenters. The number of rotatable bonds is 3. The van der Waals surface area contributed by atoms with Crippen molar-refractivity contribution in [2.45, 2.75) is 218 Å². The maximum absolute atomic E-state index is 4.73. The van der Waals surface area contributed by atoms with Crippen LogP contribution in [0, 0.1) is 118 Å². The zero-order valence-corrected chi connectivity index (χ0v) is 36.0. The highest BCUT2D eigenvalue weighted by molar-refractivity contribution is 5.23. The Morgan fingerprint density at radius 2 is 0.873 bits per heavy atom. The molecule has 1 aliphatic heterocycles. The summed E-state index contributed by atoms with van der Waals surface area (Å²) in [6.07, 6.45) is 49.4. The third-order valence-electron chi connectivity index (χ3n) is 23.6. The first kappa shape index (κ1) is 36.8. The van der Waals surface area contributed by atoms with Crippen molar-refractivity contribution >= 4 is 0 Å². The van der Waals surface area contributed by atoms with E-state index < -0.39 is 0 Å². The molecule has 0 aromatic rings. The lowest BCUT2D eigenvalue weighted by Crippen LogP contribution is -2.51. The van der Waals surface area contributed by atoms with E-state index in [0.29, 0.717) is 0 Å². The Labute approximate surface area is 340 Å². The minimum atomic E-state index is 0.766. The molecular formula is C54H87N. The van der Waals surface area contributed by atoms with Gasteiger partial charge in [-0.3, -0.25) is 0 Å². The molecule has 1 saturated heterocycles.